The van der Waals surface area contributed by atoms with Crippen LogP contribution in [0.3, 0.4) is 0 Å². The van der Waals surface area contributed by atoms with E-state index in [1.807, 2.05) is 33.1 Å². The molecule has 5 nitrogen and oxygen atoms in total. The highest BCUT2D eigenvalue weighted by Crippen LogP contribution is 2.37. The van der Waals surface area contributed by atoms with Crippen LogP contribution < -0.4 is 11.1 Å². The number of rotatable bonds is 14. The van der Waals surface area contributed by atoms with Crippen molar-refractivity contribution in [3.05, 3.63) is 80.8 Å². The monoisotopic (exact) mass is 591 g/mol. The van der Waals surface area contributed by atoms with Gasteiger partial charge in [0.15, 0.2) is 0 Å². The summed E-state index contributed by atoms with van der Waals surface area (Å²) in [5.41, 5.74) is 17.0. The Morgan fingerprint density at radius 1 is 1.19 bits per heavy atom. The van der Waals surface area contributed by atoms with Crippen LogP contribution in [0.2, 0.25) is 5.02 Å². The lowest BCUT2D eigenvalue weighted by atomic mass is 9.88. The Labute approximate surface area is 256 Å². The van der Waals surface area contributed by atoms with Crippen molar-refractivity contribution in [1.29, 1.82) is 0 Å². The van der Waals surface area contributed by atoms with Crippen LogP contribution in [-0.4, -0.2) is 35.9 Å². The molecule has 0 saturated carbocycles. The zero-order chi connectivity index (χ0) is 30.8. The highest BCUT2D eigenvalue weighted by atomic mass is 35.5. The van der Waals surface area contributed by atoms with Crippen LogP contribution in [0.25, 0.3) is 17.0 Å². The summed E-state index contributed by atoms with van der Waals surface area (Å²) in [5.74, 6) is 0.346. The van der Waals surface area contributed by atoms with Crippen LogP contribution >= 0.6 is 11.6 Å². The molecule has 2 heterocycles. The number of nitrogens with one attached hydrogen (secondary N) is 1. The van der Waals surface area contributed by atoms with E-state index in [2.05, 4.69) is 67.3 Å². The fourth-order valence-electron chi connectivity index (χ4n) is 5.25. The SMILES string of the molecule is C/C=C(/NCC(CCCF)c1cc(C(C)CC)c(C)c(-c2ccnc(C)c2Cl)n1)c1cc(C)c(N)c(C=NCCC)c1. The second-order valence-electron chi connectivity index (χ2n) is 11.1. The fraction of sp³-hybridized carbons (Fsp3) is 0.457. The maximum atomic E-state index is 13.5. The second-order valence-corrected chi connectivity index (χ2v) is 11.5. The van der Waals surface area contributed by atoms with Gasteiger partial charge in [0.05, 0.1) is 23.1 Å². The smallest absolute Gasteiger partial charge is 0.0894 e. The number of aromatic nitrogens is 2. The van der Waals surface area contributed by atoms with E-state index in [1.165, 1.54) is 5.56 Å². The van der Waals surface area contributed by atoms with Crippen LogP contribution in [0.5, 0.6) is 0 Å². The van der Waals surface area contributed by atoms with Crippen molar-refractivity contribution in [1.82, 2.24) is 15.3 Å². The van der Waals surface area contributed by atoms with Gasteiger partial charge in [0, 0.05) is 59.6 Å². The summed E-state index contributed by atoms with van der Waals surface area (Å²) in [7, 11) is 0. The van der Waals surface area contributed by atoms with Gasteiger partial charge in [-0.2, -0.15) is 0 Å². The largest absolute Gasteiger partial charge is 0.398 e. The van der Waals surface area contributed by atoms with Crippen molar-refractivity contribution in [3.63, 3.8) is 0 Å². The van der Waals surface area contributed by atoms with E-state index in [1.54, 1.807) is 6.20 Å². The number of aliphatic imine (C=N–C) groups is 1. The average molecular weight is 592 g/mol. The Morgan fingerprint density at radius 2 is 1.95 bits per heavy atom. The molecule has 0 aliphatic heterocycles. The Bertz CT molecular complexity index is 1410. The van der Waals surface area contributed by atoms with Gasteiger partial charge in [-0.15, -0.1) is 0 Å². The second kappa shape index (κ2) is 15.8. The third kappa shape index (κ3) is 7.97. The molecule has 226 valence electrons. The van der Waals surface area contributed by atoms with E-state index in [9.17, 15) is 4.39 Å². The first-order valence-electron chi connectivity index (χ1n) is 15.2. The van der Waals surface area contributed by atoms with Crippen molar-refractivity contribution in [2.45, 2.75) is 86.0 Å². The van der Waals surface area contributed by atoms with E-state index >= 15 is 0 Å². The Morgan fingerprint density at radius 3 is 2.62 bits per heavy atom. The summed E-state index contributed by atoms with van der Waals surface area (Å²) in [6, 6.07) is 8.34. The minimum atomic E-state index is -0.364. The van der Waals surface area contributed by atoms with E-state index in [0.717, 1.165) is 75.7 Å². The molecule has 3 rings (SSSR count). The standard InChI is InChI=1S/C35H47ClFN5/c1-8-15-39-20-28-18-27(17-23(5)34(28)38)31(10-3)41-21-26(12-11-14-37)32-19-30(22(4)9-2)24(6)35(42-32)29-13-16-40-25(7)33(29)36/h10,13,16-20,22,26,41H,8-9,11-12,14-15,21,38H2,1-7H3/b31-10+,39-20?. The van der Waals surface area contributed by atoms with Crippen LogP contribution in [0.15, 0.2) is 41.5 Å². The molecular formula is C35H47ClFN5. The predicted octanol–water partition coefficient (Wildman–Crippen LogP) is 9.13. The highest BCUT2D eigenvalue weighted by molar-refractivity contribution is 6.33. The van der Waals surface area contributed by atoms with Crippen molar-refractivity contribution in [3.8, 4) is 11.3 Å². The van der Waals surface area contributed by atoms with Gasteiger partial charge in [-0.3, -0.25) is 19.4 Å². The first kappa shape index (κ1) is 33.3. The van der Waals surface area contributed by atoms with Crippen molar-refractivity contribution in [2.75, 3.05) is 25.5 Å². The van der Waals surface area contributed by atoms with Crippen molar-refractivity contribution >= 4 is 29.2 Å². The minimum Gasteiger partial charge on any atom is -0.398 e. The predicted molar refractivity (Wildman–Crippen MR) is 179 cm³/mol. The summed E-state index contributed by atoms with van der Waals surface area (Å²) < 4.78 is 13.5. The number of halogens is 2. The quantitative estimate of drug-likeness (QED) is 0.145. The van der Waals surface area contributed by atoms with Gasteiger partial charge in [-0.25, -0.2) is 0 Å². The summed E-state index contributed by atoms with van der Waals surface area (Å²) in [6.07, 6.45) is 8.85. The molecule has 1 aromatic carbocycles. The molecule has 3 aromatic rings. The number of nitrogens with zero attached hydrogens (tertiary/aromatic N) is 3. The van der Waals surface area contributed by atoms with Crippen LogP contribution in [0.1, 0.15) is 104 Å². The lowest BCUT2D eigenvalue weighted by molar-refractivity contribution is 0.437. The van der Waals surface area contributed by atoms with Crippen LogP contribution in [0.4, 0.5) is 10.1 Å². The molecule has 0 aliphatic carbocycles. The molecule has 0 spiro atoms. The molecule has 2 unspecified atom stereocenters. The van der Waals surface area contributed by atoms with E-state index < -0.39 is 0 Å². The van der Waals surface area contributed by atoms with Gasteiger partial charge < -0.3 is 11.1 Å². The zero-order valence-electron chi connectivity index (χ0n) is 26.3. The third-order valence-corrected chi connectivity index (χ3v) is 8.52. The van der Waals surface area contributed by atoms with Gasteiger partial charge in [0.25, 0.3) is 0 Å². The number of hydrogen-bond donors (Lipinski definition) is 2. The third-order valence-electron chi connectivity index (χ3n) is 8.04. The van der Waals surface area contributed by atoms with E-state index in [4.69, 9.17) is 22.3 Å². The number of alkyl halides is 1. The molecule has 3 N–H and O–H groups in total. The maximum absolute atomic E-state index is 13.5. The Balaban J connectivity index is 2.04. The lowest BCUT2D eigenvalue weighted by Crippen LogP contribution is -2.22. The molecule has 42 heavy (non-hydrogen) atoms. The van der Waals surface area contributed by atoms with Gasteiger partial charge in [0.2, 0.25) is 0 Å². The number of nitrogen functional groups attached to an aromatic ring is 1. The summed E-state index contributed by atoms with van der Waals surface area (Å²) in [6.45, 7) is 15.6. The highest BCUT2D eigenvalue weighted by Gasteiger charge is 2.22. The van der Waals surface area contributed by atoms with Gasteiger partial charge in [0.1, 0.15) is 0 Å². The molecule has 0 bridgehead atoms. The first-order valence-corrected chi connectivity index (χ1v) is 15.5. The Hall–Kier alpha value is -3.25. The molecule has 2 aromatic heterocycles. The molecule has 0 fully saturated rings. The van der Waals surface area contributed by atoms with E-state index in [0.29, 0.717) is 30.3 Å². The number of benzene rings is 1. The number of allylic oxidation sites excluding steroid dienone is 1. The van der Waals surface area contributed by atoms with Gasteiger partial charge in [-0.05, 0) is 106 Å². The fourth-order valence-corrected chi connectivity index (χ4v) is 5.45. The topological polar surface area (TPSA) is 76.2 Å². The number of anilines is 1. The average Bonchev–Trinajstić information content (AvgIpc) is 2.98. The molecule has 0 aliphatic rings. The molecule has 0 amide bonds. The molecular weight excluding hydrogens is 545 g/mol. The lowest BCUT2D eigenvalue weighted by Gasteiger charge is -2.24. The molecule has 0 radical (unpaired) electrons. The first-order chi connectivity index (χ1) is 20.2. The normalized spacial score (nSPS) is 13.5. The van der Waals surface area contributed by atoms with E-state index in [-0.39, 0.29) is 12.6 Å². The maximum Gasteiger partial charge on any atom is 0.0894 e. The molecule has 0 saturated heterocycles. The zero-order valence-corrected chi connectivity index (χ0v) is 27.1. The van der Waals surface area contributed by atoms with Crippen LogP contribution in [0, 0.1) is 20.8 Å². The van der Waals surface area contributed by atoms with Gasteiger partial charge in [-0.1, -0.05) is 38.4 Å². The number of pyridine rings is 2. The number of hydrogen-bond acceptors (Lipinski definition) is 5. The molecule has 2 atom stereocenters. The van der Waals surface area contributed by atoms with Crippen LogP contribution in [-0.2, 0) is 0 Å². The summed E-state index contributed by atoms with van der Waals surface area (Å²) in [4.78, 5) is 14.1. The summed E-state index contributed by atoms with van der Waals surface area (Å²) >= 11 is 6.76. The van der Waals surface area contributed by atoms with Gasteiger partial charge >= 0.3 is 0 Å². The van der Waals surface area contributed by atoms with Crippen molar-refractivity contribution < 1.29 is 4.39 Å². The number of aryl methyl sites for hydroxylation is 2. The molecule has 7 heteroatoms. The van der Waals surface area contributed by atoms with Crippen molar-refractivity contribution in [2.24, 2.45) is 4.99 Å². The minimum absolute atomic E-state index is 0.0000292. The summed E-state index contributed by atoms with van der Waals surface area (Å²) in [5, 5.41) is 4.29. The number of nitrogens with two attached hydrogens (primary N) is 1. The Kier molecular flexibility index (Phi) is 12.5.